The molecule has 1 saturated heterocycles. The van der Waals surface area contributed by atoms with Crippen molar-refractivity contribution in [1.82, 2.24) is 9.80 Å². The minimum Gasteiger partial charge on any atom is -0.336 e. The normalized spacial score (nSPS) is 15.7. The summed E-state index contributed by atoms with van der Waals surface area (Å²) >= 11 is 3.41. The Kier molecular flexibility index (Phi) is 5.08. The lowest BCUT2D eigenvalue weighted by Gasteiger charge is -2.35. The van der Waals surface area contributed by atoms with E-state index in [0.29, 0.717) is 13.1 Å². The molecule has 0 bridgehead atoms. The van der Waals surface area contributed by atoms with E-state index in [1.165, 1.54) is 12.1 Å². The fourth-order valence-electron chi connectivity index (χ4n) is 2.76. The first-order chi connectivity index (χ1) is 11.1. The van der Waals surface area contributed by atoms with E-state index in [-0.39, 0.29) is 11.7 Å². The molecule has 1 aliphatic rings. The Morgan fingerprint density at radius 3 is 2.39 bits per heavy atom. The average Bonchev–Trinajstić information content (AvgIpc) is 2.58. The van der Waals surface area contributed by atoms with Gasteiger partial charge >= 0.3 is 0 Å². The van der Waals surface area contributed by atoms with Crippen LogP contribution in [0.25, 0.3) is 0 Å². The fourth-order valence-corrected chi connectivity index (χ4v) is 3.24. The van der Waals surface area contributed by atoms with Crippen molar-refractivity contribution in [3.63, 3.8) is 0 Å². The molecule has 1 fully saturated rings. The highest BCUT2D eigenvalue weighted by atomic mass is 79.9. The SMILES string of the molecule is O=C(c1ccccc1)N1CCN(Cc2ccc(F)cc2Br)CC1. The van der Waals surface area contributed by atoms with Crippen LogP contribution >= 0.6 is 15.9 Å². The molecule has 2 aromatic carbocycles. The topological polar surface area (TPSA) is 23.6 Å². The highest BCUT2D eigenvalue weighted by molar-refractivity contribution is 9.10. The van der Waals surface area contributed by atoms with Crippen LogP contribution < -0.4 is 0 Å². The van der Waals surface area contributed by atoms with Crippen LogP contribution in [0.4, 0.5) is 4.39 Å². The molecule has 0 radical (unpaired) electrons. The monoisotopic (exact) mass is 376 g/mol. The summed E-state index contributed by atoms with van der Waals surface area (Å²) in [6.07, 6.45) is 0. The van der Waals surface area contributed by atoms with E-state index in [0.717, 1.165) is 35.2 Å². The molecule has 23 heavy (non-hydrogen) atoms. The molecule has 0 N–H and O–H groups in total. The fraction of sp³-hybridized carbons (Fsp3) is 0.278. The molecule has 1 heterocycles. The van der Waals surface area contributed by atoms with Crippen molar-refractivity contribution >= 4 is 21.8 Å². The van der Waals surface area contributed by atoms with E-state index >= 15 is 0 Å². The highest BCUT2D eigenvalue weighted by Crippen LogP contribution is 2.20. The van der Waals surface area contributed by atoms with Crippen LogP contribution in [0.15, 0.2) is 53.0 Å². The number of rotatable bonds is 3. The van der Waals surface area contributed by atoms with Gasteiger partial charge in [-0.3, -0.25) is 9.69 Å². The van der Waals surface area contributed by atoms with Crippen molar-refractivity contribution in [3.05, 3.63) is 69.9 Å². The van der Waals surface area contributed by atoms with Gasteiger partial charge in [0.2, 0.25) is 0 Å². The predicted octanol–water partition coefficient (Wildman–Crippen LogP) is 3.55. The Morgan fingerprint density at radius 1 is 1.04 bits per heavy atom. The molecule has 3 rings (SSSR count). The van der Waals surface area contributed by atoms with Gasteiger partial charge in [-0.05, 0) is 29.8 Å². The van der Waals surface area contributed by atoms with E-state index in [1.807, 2.05) is 35.2 Å². The molecule has 0 saturated carbocycles. The minimum absolute atomic E-state index is 0.0909. The third-order valence-corrected chi connectivity index (χ3v) is 4.83. The molecule has 0 atom stereocenters. The maximum Gasteiger partial charge on any atom is 0.253 e. The number of benzene rings is 2. The first-order valence-corrected chi connectivity index (χ1v) is 8.43. The van der Waals surface area contributed by atoms with E-state index in [9.17, 15) is 9.18 Å². The predicted molar refractivity (Wildman–Crippen MR) is 91.7 cm³/mol. The molecule has 0 spiro atoms. The summed E-state index contributed by atoms with van der Waals surface area (Å²) in [5.41, 5.74) is 1.80. The minimum atomic E-state index is -0.237. The molecule has 5 heteroatoms. The summed E-state index contributed by atoms with van der Waals surface area (Å²) in [5, 5.41) is 0. The van der Waals surface area contributed by atoms with Crippen LogP contribution in [0, 0.1) is 5.82 Å². The van der Waals surface area contributed by atoms with E-state index < -0.39 is 0 Å². The van der Waals surface area contributed by atoms with Crippen molar-refractivity contribution in [2.24, 2.45) is 0 Å². The summed E-state index contributed by atoms with van der Waals surface area (Å²) < 4.78 is 13.9. The van der Waals surface area contributed by atoms with Crippen molar-refractivity contribution in [3.8, 4) is 0 Å². The van der Waals surface area contributed by atoms with Gasteiger partial charge in [-0.25, -0.2) is 4.39 Å². The van der Waals surface area contributed by atoms with Crippen LogP contribution in [0.3, 0.4) is 0 Å². The third kappa shape index (κ3) is 3.98. The van der Waals surface area contributed by atoms with Crippen molar-refractivity contribution < 1.29 is 9.18 Å². The van der Waals surface area contributed by atoms with Crippen LogP contribution in [0.5, 0.6) is 0 Å². The van der Waals surface area contributed by atoms with Gasteiger partial charge in [-0.15, -0.1) is 0 Å². The first kappa shape index (κ1) is 16.1. The van der Waals surface area contributed by atoms with Gasteiger partial charge in [-0.2, -0.15) is 0 Å². The van der Waals surface area contributed by atoms with Gasteiger partial charge in [0.05, 0.1) is 0 Å². The molecule has 0 aliphatic carbocycles. The molecular formula is C18H18BrFN2O. The number of hydrogen-bond donors (Lipinski definition) is 0. The zero-order valence-corrected chi connectivity index (χ0v) is 14.3. The summed E-state index contributed by atoms with van der Waals surface area (Å²) in [7, 11) is 0. The average molecular weight is 377 g/mol. The highest BCUT2D eigenvalue weighted by Gasteiger charge is 2.22. The summed E-state index contributed by atoms with van der Waals surface area (Å²) in [6, 6.07) is 14.2. The van der Waals surface area contributed by atoms with Crippen molar-refractivity contribution in [2.75, 3.05) is 26.2 Å². The Morgan fingerprint density at radius 2 is 1.74 bits per heavy atom. The number of hydrogen-bond acceptors (Lipinski definition) is 2. The van der Waals surface area contributed by atoms with Crippen molar-refractivity contribution in [1.29, 1.82) is 0 Å². The quantitative estimate of drug-likeness (QED) is 0.817. The lowest BCUT2D eigenvalue weighted by Crippen LogP contribution is -2.48. The van der Waals surface area contributed by atoms with Crippen LogP contribution in [-0.2, 0) is 6.54 Å². The second kappa shape index (κ2) is 7.23. The first-order valence-electron chi connectivity index (χ1n) is 7.64. The lowest BCUT2D eigenvalue weighted by molar-refractivity contribution is 0.0628. The zero-order chi connectivity index (χ0) is 16.2. The number of carbonyl (C=O) groups is 1. The van der Waals surface area contributed by atoms with Gasteiger partial charge in [0.1, 0.15) is 5.82 Å². The maximum atomic E-state index is 13.1. The Labute approximate surface area is 143 Å². The van der Waals surface area contributed by atoms with E-state index in [4.69, 9.17) is 0 Å². The van der Waals surface area contributed by atoms with Crippen LogP contribution in [-0.4, -0.2) is 41.9 Å². The standard InChI is InChI=1S/C18H18BrFN2O/c19-17-12-16(20)7-6-15(17)13-21-8-10-22(11-9-21)18(23)14-4-2-1-3-5-14/h1-7,12H,8-11,13H2. The number of piperazine rings is 1. The molecule has 3 nitrogen and oxygen atoms in total. The zero-order valence-electron chi connectivity index (χ0n) is 12.7. The molecular weight excluding hydrogens is 359 g/mol. The largest absolute Gasteiger partial charge is 0.336 e. The summed E-state index contributed by atoms with van der Waals surface area (Å²) in [6.45, 7) is 3.83. The third-order valence-electron chi connectivity index (χ3n) is 4.09. The Bertz CT molecular complexity index is 685. The Hall–Kier alpha value is -1.72. The van der Waals surface area contributed by atoms with Crippen LogP contribution in [0.2, 0.25) is 0 Å². The van der Waals surface area contributed by atoms with E-state index in [1.54, 1.807) is 6.07 Å². The van der Waals surface area contributed by atoms with Gasteiger partial charge in [-0.1, -0.05) is 40.2 Å². The van der Waals surface area contributed by atoms with E-state index in [2.05, 4.69) is 20.8 Å². The van der Waals surface area contributed by atoms with Gasteiger partial charge in [0.25, 0.3) is 5.91 Å². The molecule has 120 valence electrons. The second-order valence-electron chi connectivity index (χ2n) is 5.67. The summed E-state index contributed by atoms with van der Waals surface area (Å²) in [5.74, 6) is -0.146. The summed E-state index contributed by atoms with van der Waals surface area (Å²) in [4.78, 5) is 16.6. The maximum absolute atomic E-state index is 13.1. The molecule has 0 unspecified atom stereocenters. The van der Waals surface area contributed by atoms with Gasteiger partial charge < -0.3 is 4.90 Å². The smallest absolute Gasteiger partial charge is 0.253 e. The molecule has 0 aromatic heterocycles. The molecule has 1 amide bonds. The number of amides is 1. The van der Waals surface area contributed by atoms with Crippen LogP contribution in [0.1, 0.15) is 15.9 Å². The number of halogens is 2. The van der Waals surface area contributed by atoms with Crippen molar-refractivity contribution in [2.45, 2.75) is 6.54 Å². The molecule has 1 aliphatic heterocycles. The van der Waals surface area contributed by atoms with Gasteiger partial charge in [0, 0.05) is 42.8 Å². The van der Waals surface area contributed by atoms with Gasteiger partial charge in [0.15, 0.2) is 0 Å². The number of nitrogens with zero attached hydrogens (tertiary/aromatic N) is 2. The molecule has 2 aromatic rings. The second-order valence-corrected chi connectivity index (χ2v) is 6.52. The Balaban J connectivity index is 1.57. The lowest BCUT2D eigenvalue weighted by atomic mass is 10.1. The number of carbonyl (C=O) groups excluding carboxylic acids is 1.